The molecule has 3 heterocycles. The van der Waals surface area contributed by atoms with Gasteiger partial charge in [-0.15, -0.1) is 10.2 Å². The van der Waals surface area contributed by atoms with Crippen LogP contribution in [-0.4, -0.2) is 48.3 Å². The van der Waals surface area contributed by atoms with Crippen LogP contribution in [0.5, 0.6) is 0 Å². The quantitative estimate of drug-likeness (QED) is 0.410. The van der Waals surface area contributed by atoms with Gasteiger partial charge in [-0.05, 0) is 49.7 Å². The third-order valence-corrected chi connectivity index (χ3v) is 4.35. The highest BCUT2D eigenvalue weighted by molar-refractivity contribution is 5.96. The van der Waals surface area contributed by atoms with E-state index >= 15 is 0 Å². The lowest BCUT2D eigenvalue weighted by Gasteiger charge is -2.07. The molecule has 0 radical (unpaired) electrons. The monoisotopic (exact) mass is 376 g/mol. The molecule has 142 valence electrons. The van der Waals surface area contributed by atoms with Gasteiger partial charge in [-0.2, -0.15) is 9.61 Å². The van der Waals surface area contributed by atoms with Crippen LogP contribution in [0, 0.1) is 0 Å². The number of nitrogens with zero attached hydrogens (tertiary/aromatic N) is 6. The third kappa shape index (κ3) is 3.67. The van der Waals surface area contributed by atoms with Gasteiger partial charge >= 0.3 is 0 Å². The highest BCUT2D eigenvalue weighted by Gasteiger charge is 2.11. The van der Waals surface area contributed by atoms with Crippen molar-refractivity contribution in [2.24, 2.45) is 5.16 Å². The van der Waals surface area contributed by atoms with Crippen molar-refractivity contribution < 1.29 is 9.94 Å². The van der Waals surface area contributed by atoms with Gasteiger partial charge in [0.1, 0.15) is 17.5 Å². The molecular formula is C20H20N6O2. The molecule has 28 heavy (non-hydrogen) atoms. The molecule has 1 N–H and O–H groups in total. The zero-order valence-corrected chi connectivity index (χ0v) is 15.6. The van der Waals surface area contributed by atoms with E-state index in [-0.39, 0.29) is 12.7 Å². The van der Waals surface area contributed by atoms with E-state index in [0.717, 1.165) is 22.3 Å². The fourth-order valence-corrected chi connectivity index (χ4v) is 2.80. The number of hydrogen-bond donors (Lipinski definition) is 1. The lowest BCUT2D eigenvalue weighted by Crippen LogP contribution is -2.12. The van der Waals surface area contributed by atoms with Crippen molar-refractivity contribution in [1.82, 2.24) is 24.8 Å². The van der Waals surface area contributed by atoms with Crippen LogP contribution in [0.3, 0.4) is 0 Å². The summed E-state index contributed by atoms with van der Waals surface area (Å²) in [6.07, 6.45) is 2.01. The Hall–Kier alpha value is -3.39. The number of fused-ring (bicyclic) bond motifs is 2. The first-order chi connectivity index (χ1) is 13.6. The second-order valence-corrected chi connectivity index (χ2v) is 6.59. The molecule has 0 spiro atoms. The Labute approximate surface area is 161 Å². The zero-order chi connectivity index (χ0) is 19.5. The van der Waals surface area contributed by atoms with E-state index in [1.807, 2.05) is 36.4 Å². The summed E-state index contributed by atoms with van der Waals surface area (Å²) >= 11 is 0. The molecule has 0 aliphatic carbocycles. The summed E-state index contributed by atoms with van der Waals surface area (Å²) in [5, 5.41) is 27.3. The Morgan fingerprint density at radius 1 is 1.21 bits per heavy atom. The normalized spacial score (nSPS) is 13.2. The number of benzene rings is 1. The summed E-state index contributed by atoms with van der Waals surface area (Å²) in [7, 11) is 0. The molecular weight excluding hydrogens is 356 g/mol. The van der Waals surface area contributed by atoms with Crippen LogP contribution in [0.2, 0.25) is 0 Å². The maximum Gasteiger partial charge on any atom is 0.177 e. The predicted octanol–water partition coefficient (Wildman–Crippen LogP) is 2.38. The molecule has 1 atom stereocenters. The molecule has 4 rings (SSSR count). The molecule has 1 aromatic carbocycles. The molecule has 0 amide bonds. The molecule has 0 bridgehead atoms. The van der Waals surface area contributed by atoms with Crippen molar-refractivity contribution in [3.8, 4) is 0 Å². The molecule has 3 aromatic heterocycles. The Bertz CT molecular complexity index is 1150. The lowest BCUT2D eigenvalue weighted by atomic mass is 10.1. The van der Waals surface area contributed by atoms with E-state index in [1.54, 1.807) is 24.6 Å². The summed E-state index contributed by atoms with van der Waals surface area (Å²) in [6.45, 7) is 3.45. The van der Waals surface area contributed by atoms with Crippen molar-refractivity contribution >= 4 is 22.3 Å². The van der Waals surface area contributed by atoms with Gasteiger partial charge in [0.05, 0.1) is 12.1 Å². The van der Waals surface area contributed by atoms with Crippen molar-refractivity contribution in [3.63, 3.8) is 0 Å². The van der Waals surface area contributed by atoms with Crippen molar-refractivity contribution in [2.45, 2.75) is 26.4 Å². The summed E-state index contributed by atoms with van der Waals surface area (Å²) in [4.78, 5) is 9.57. The maximum atomic E-state index is 9.04. The van der Waals surface area contributed by atoms with Crippen LogP contribution in [0.4, 0.5) is 0 Å². The first-order valence-corrected chi connectivity index (χ1v) is 9.00. The Morgan fingerprint density at radius 2 is 2.11 bits per heavy atom. The van der Waals surface area contributed by atoms with E-state index in [1.165, 1.54) is 0 Å². The number of pyridine rings is 1. The molecule has 4 aromatic rings. The third-order valence-electron chi connectivity index (χ3n) is 4.35. The molecule has 8 nitrogen and oxygen atoms in total. The van der Waals surface area contributed by atoms with Crippen LogP contribution in [0.15, 0.2) is 53.8 Å². The fourth-order valence-electron chi connectivity index (χ4n) is 2.80. The predicted molar refractivity (Wildman–Crippen MR) is 105 cm³/mol. The van der Waals surface area contributed by atoms with Gasteiger partial charge in [-0.3, -0.25) is 4.98 Å². The number of aliphatic hydroxyl groups excluding tert-OH is 1. The standard InChI is InChI=1S/C20H20N6O2/c1-13(12-27)28-25-14(2)17-7-8-19-22-23-20(26(19)24-17)11-15-5-6-18-16(10-15)4-3-9-21-18/h3-10,13,27H,11-12H2,1-2H3/b25-14+. The highest BCUT2D eigenvalue weighted by atomic mass is 16.6. The first kappa shape index (κ1) is 18.0. The van der Waals surface area contributed by atoms with Gasteiger partial charge in [0.15, 0.2) is 11.5 Å². The first-order valence-electron chi connectivity index (χ1n) is 9.00. The summed E-state index contributed by atoms with van der Waals surface area (Å²) in [5.41, 5.74) is 3.99. The molecule has 0 saturated carbocycles. The average Bonchev–Trinajstić information content (AvgIpc) is 3.13. The minimum absolute atomic E-state index is 0.0971. The van der Waals surface area contributed by atoms with Crippen LogP contribution in [0.25, 0.3) is 16.6 Å². The van der Waals surface area contributed by atoms with Gasteiger partial charge in [-0.1, -0.05) is 17.3 Å². The van der Waals surface area contributed by atoms with E-state index in [9.17, 15) is 0 Å². The van der Waals surface area contributed by atoms with Gasteiger partial charge in [0.2, 0.25) is 0 Å². The number of aromatic nitrogens is 5. The minimum atomic E-state index is -0.369. The lowest BCUT2D eigenvalue weighted by molar-refractivity contribution is 0.0290. The van der Waals surface area contributed by atoms with Crippen molar-refractivity contribution in [1.29, 1.82) is 0 Å². The SMILES string of the molecule is C/C(=N\OC(C)CO)c1ccc2nnc(Cc3ccc4ncccc4c3)n2n1. The van der Waals surface area contributed by atoms with Gasteiger partial charge in [-0.25, -0.2) is 0 Å². The zero-order valence-electron chi connectivity index (χ0n) is 15.6. The molecule has 0 aliphatic rings. The van der Waals surface area contributed by atoms with E-state index in [4.69, 9.17) is 9.94 Å². The van der Waals surface area contributed by atoms with Gasteiger partial charge < -0.3 is 9.94 Å². The van der Waals surface area contributed by atoms with Crippen LogP contribution < -0.4 is 0 Å². The van der Waals surface area contributed by atoms with Crippen molar-refractivity contribution in [2.75, 3.05) is 6.61 Å². The average molecular weight is 376 g/mol. The maximum absolute atomic E-state index is 9.04. The largest absolute Gasteiger partial charge is 0.392 e. The minimum Gasteiger partial charge on any atom is -0.392 e. The van der Waals surface area contributed by atoms with Gasteiger partial charge in [0, 0.05) is 18.0 Å². The molecule has 0 saturated heterocycles. The van der Waals surface area contributed by atoms with Crippen LogP contribution in [0.1, 0.15) is 30.9 Å². The van der Waals surface area contributed by atoms with E-state index < -0.39 is 0 Å². The van der Waals surface area contributed by atoms with E-state index in [2.05, 4.69) is 31.5 Å². The Kier molecular flexibility index (Phi) is 4.94. The number of aliphatic hydroxyl groups is 1. The second-order valence-electron chi connectivity index (χ2n) is 6.59. The second kappa shape index (κ2) is 7.69. The van der Waals surface area contributed by atoms with Gasteiger partial charge in [0.25, 0.3) is 0 Å². The number of hydrogen-bond acceptors (Lipinski definition) is 7. The molecule has 1 unspecified atom stereocenters. The Morgan fingerprint density at radius 3 is 2.96 bits per heavy atom. The number of oxime groups is 1. The van der Waals surface area contributed by atoms with Crippen molar-refractivity contribution in [3.05, 3.63) is 65.7 Å². The molecule has 0 aliphatic heterocycles. The summed E-state index contributed by atoms with van der Waals surface area (Å²) in [5.74, 6) is 0.734. The highest BCUT2D eigenvalue weighted by Crippen LogP contribution is 2.16. The Balaban J connectivity index is 1.63. The molecule has 8 heteroatoms. The summed E-state index contributed by atoms with van der Waals surface area (Å²) < 4.78 is 1.72. The smallest absolute Gasteiger partial charge is 0.177 e. The topological polar surface area (TPSA) is 97.8 Å². The van der Waals surface area contributed by atoms with E-state index in [0.29, 0.717) is 23.5 Å². The molecule has 0 fully saturated rings. The summed E-state index contributed by atoms with van der Waals surface area (Å²) in [6, 6.07) is 13.8. The van der Waals surface area contributed by atoms with Crippen LogP contribution >= 0.6 is 0 Å². The fraction of sp³-hybridized carbons (Fsp3) is 0.250. The van der Waals surface area contributed by atoms with Crippen LogP contribution in [-0.2, 0) is 11.3 Å². The number of rotatable bonds is 6.